The maximum atomic E-state index is 9.20. The fourth-order valence-electron chi connectivity index (χ4n) is 5.72. The first kappa shape index (κ1) is 16.3. The fraction of sp³-hybridized carbons (Fsp3) is 0.0750. The van der Waals surface area contributed by atoms with Gasteiger partial charge in [0.1, 0.15) is 0 Å². The van der Waals surface area contributed by atoms with E-state index in [2.05, 4.69) is 37.0 Å². The largest absolute Gasteiger partial charge is 0.208 e. The van der Waals surface area contributed by atoms with Crippen molar-refractivity contribution in [2.24, 2.45) is 0 Å². The van der Waals surface area contributed by atoms with Crippen molar-refractivity contribution in [3.8, 4) is 56.4 Å². The summed E-state index contributed by atoms with van der Waals surface area (Å²) >= 11 is 0. The van der Waals surface area contributed by atoms with Gasteiger partial charge in [0.25, 0.3) is 0 Å². The van der Waals surface area contributed by atoms with E-state index in [4.69, 9.17) is 22.3 Å². The molecule has 0 spiro atoms. The Labute approximate surface area is 267 Å². The molecule has 8 rings (SSSR count). The van der Waals surface area contributed by atoms with E-state index in [1.807, 2.05) is 54.6 Å². The van der Waals surface area contributed by atoms with Crippen molar-refractivity contribution in [3.05, 3.63) is 150 Å². The van der Waals surface area contributed by atoms with E-state index in [9.17, 15) is 2.74 Å². The van der Waals surface area contributed by atoms with Crippen molar-refractivity contribution in [2.45, 2.75) is 19.3 Å². The van der Waals surface area contributed by atoms with Gasteiger partial charge in [-0.15, -0.1) is 0 Å². The maximum Gasteiger partial charge on any atom is 0.164 e. The minimum absolute atomic E-state index is 0.128. The van der Waals surface area contributed by atoms with Gasteiger partial charge in [-0.3, -0.25) is 0 Å². The molecule has 1 aromatic heterocycles. The molecule has 7 aromatic rings. The minimum Gasteiger partial charge on any atom is -0.208 e. The van der Waals surface area contributed by atoms with Crippen LogP contribution in [0.5, 0.6) is 0 Å². The van der Waals surface area contributed by atoms with Crippen LogP contribution in [0.2, 0.25) is 0 Å². The van der Waals surface area contributed by atoms with Gasteiger partial charge in [0, 0.05) is 22.1 Å². The summed E-state index contributed by atoms with van der Waals surface area (Å²) in [4.78, 5) is 14.4. The zero-order valence-corrected chi connectivity index (χ0v) is 23.3. The van der Waals surface area contributed by atoms with Gasteiger partial charge in [0.15, 0.2) is 17.5 Å². The van der Waals surface area contributed by atoms with Crippen molar-refractivity contribution >= 4 is 10.8 Å². The van der Waals surface area contributed by atoms with Crippen LogP contribution in [0.4, 0.5) is 0 Å². The van der Waals surface area contributed by atoms with Gasteiger partial charge in [0.05, 0.1) is 15.1 Å². The molecule has 0 aliphatic heterocycles. The van der Waals surface area contributed by atoms with Crippen LogP contribution in [0.25, 0.3) is 67.2 Å². The van der Waals surface area contributed by atoms with E-state index in [-0.39, 0.29) is 39.2 Å². The van der Waals surface area contributed by atoms with Crippen molar-refractivity contribution in [3.63, 3.8) is 0 Å². The molecule has 0 radical (unpaired) electrons. The van der Waals surface area contributed by atoms with Crippen LogP contribution in [-0.4, -0.2) is 15.0 Å². The molecule has 0 atom stereocenters. The summed E-state index contributed by atoms with van der Waals surface area (Å²) in [5, 5.41) is -0.691. The Balaban J connectivity index is 1.40. The number of hydrogen-bond donors (Lipinski definition) is 0. The second-order valence-electron chi connectivity index (χ2n) is 10.8. The second-order valence-corrected chi connectivity index (χ2v) is 10.8. The Morgan fingerprint density at radius 2 is 1.09 bits per heavy atom. The van der Waals surface area contributed by atoms with Crippen LogP contribution in [0.3, 0.4) is 0 Å². The zero-order valence-electron chi connectivity index (χ0n) is 34.3. The van der Waals surface area contributed by atoms with Crippen molar-refractivity contribution in [1.29, 1.82) is 0 Å². The molecular weight excluding hydrogens is 522 g/mol. The van der Waals surface area contributed by atoms with E-state index in [0.29, 0.717) is 11.1 Å². The first-order chi connectivity index (χ1) is 25.7. The molecule has 1 aliphatic rings. The average molecular weight is 563 g/mol. The number of aromatic nitrogens is 3. The lowest BCUT2D eigenvalue weighted by molar-refractivity contribution is 0.660. The average Bonchev–Trinajstić information content (AvgIpc) is 3.41. The summed E-state index contributed by atoms with van der Waals surface area (Å²) in [6, 6.07) is 16.4. The van der Waals surface area contributed by atoms with Crippen LogP contribution < -0.4 is 0 Å². The second kappa shape index (κ2) is 9.85. The Bertz CT molecular complexity index is 2740. The third-order valence-corrected chi connectivity index (χ3v) is 7.86. The van der Waals surface area contributed by atoms with Crippen LogP contribution in [-0.2, 0) is 5.41 Å². The van der Waals surface area contributed by atoms with Crippen LogP contribution in [0.15, 0.2) is 139 Å². The summed E-state index contributed by atoms with van der Waals surface area (Å²) in [7, 11) is 0. The number of fused-ring (bicyclic) bond motifs is 4. The first-order valence-electron chi connectivity index (χ1n) is 19.3. The molecule has 0 N–H and O–H groups in total. The topological polar surface area (TPSA) is 38.7 Å². The highest BCUT2D eigenvalue weighted by atomic mass is 15.0. The van der Waals surface area contributed by atoms with E-state index in [0.717, 1.165) is 22.3 Å². The standard InChI is InChI=1S/C40H29N3/c1-40(2)34-17-9-8-15-32(34)36-33(16-10-18-35(36)40)39-42-37(28-12-4-3-5-13-28)41-38(43-39)29-22-19-27(20-23-29)31-24-21-26-11-6-7-14-30(26)25-31/h3-25H,1-2H3/i6D,7D,11D,14D,19D,20D,21D,22D,23D,24D,25D. The first-order valence-corrected chi connectivity index (χ1v) is 13.8. The molecule has 0 fully saturated rings. The minimum atomic E-state index is -0.666. The molecule has 3 heteroatoms. The van der Waals surface area contributed by atoms with E-state index in [1.165, 1.54) is 0 Å². The Morgan fingerprint density at radius 1 is 0.488 bits per heavy atom. The smallest absolute Gasteiger partial charge is 0.164 e. The van der Waals surface area contributed by atoms with Crippen molar-refractivity contribution in [2.75, 3.05) is 0 Å². The predicted molar refractivity (Wildman–Crippen MR) is 177 cm³/mol. The van der Waals surface area contributed by atoms with Gasteiger partial charge in [-0.2, -0.15) is 0 Å². The van der Waals surface area contributed by atoms with Crippen LogP contribution >= 0.6 is 0 Å². The zero-order chi connectivity index (χ0) is 38.5. The maximum absolute atomic E-state index is 9.20. The van der Waals surface area contributed by atoms with Gasteiger partial charge in [0.2, 0.25) is 0 Å². The Kier molecular flexibility index (Phi) is 3.73. The number of nitrogens with zero attached hydrogens (tertiary/aromatic N) is 3. The quantitative estimate of drug-likeness (QED) is 0.214. The molecule has 0 amide bonds. The third kappa shape index (κ3) is 4.24. The van der Waals surface area contributed by atoms with Crippen molar-refractivity contribution in [1.82, 2.24) is 15.0 Å². The van der Waals surface area contributed by atoms with Crippen LogP contribution in [0.1, 0.15) is 40.1 Å². The fourth-order valence-corrected chi connectivity index (χ4v) is 5.72. The molecule has 3 nitrogen and oxygen atoms in total. The molecule has 1 aliphatic carbocycles. The number of benzene rings is 6. The molecular formula is C40H29N3. The lowest BCUT2D eigenvalue weighted by Crippen LogP contribution is -2.14. The summed E-state index contributed by atoms with van der Waals surface area (Å²) in [6.07, 6.45) is 0. The molecule has 0 unspecified atom stereocenters. The van der Waals surface area contributed by atoms with Gasteiger partial charge in [-0.25, -0.2) is 15.0 Å². The molecule has 1 heterocycles. The Hall–Kier alpha value is -5.41. The van der Waals surface area contributed by atoms with Gasteiger partial charge in [-0.1, -0.05) is 147 Å². The Morgan fingerprint density at radius 3 is 1.91 bits per heavy atom. The monoisotopic (exact) mass is 562 g/mol. The van der Waals surface area contributed by atoms with E-state index >= 15 is 0 Å². The summed E-state index contributed by atoms with van der Waals surface area (Å²) < 4.78 is 96.1. The SMILES string of the molecule is [2H]c1c([2H])c(-c2c([2H])c([2H])c3c([2H])c([2H])c([2H])c([2H])c3c2[2H])c([2H])c([2H])c1-c1nc(-c2ccccc2)nc(-c2cccc3c2-c2ccccc2C3(C)C)n1. The summed E-state index contributed by atoms with van der Waals surface area (Å²) in [5.74, 6) is 0.370. The van der Waals surface area contributed by atoms with Gasteiger partial charge >= 0.3 is 0 Å². The molecule has 0 saturated carbocycles. The molecule has 0 saturated heterocycles. The highest BCUT2D eigenvalue weighted by molar-refractivity contribution is 5.91. The van der Waals surface area contributed by atoms with Gasteiger partial charge in [-0.05, 0) is 50.2 Å². The molecule has 43 heavy (non-hydrogen) atoms. The lowest BCUT2D eigenvalue weighted by atomic mass is 9.82. The molecule has 204 valence electrons. The number of rotatable bonds is 4. The van der Waals surface area contributed by atoms with E-state index in [1.54, 1.807) is 0 Å². The van der Waals surface area contributed by atoms with E-state index < -0.39 is 77.6 Å². The highest BCUT2D eigenvalue weighted by Crippen LogP contribution is 2.51. The summed E-state index contributed by atoms with van der Waals surface area (Å²) in [5.41, 5.74) is 4.03. The highest BCUT2D eigenvalue weighted by Gasteiger charge is 2.37. The predicted octanol–water partition coefficient (Wildman–Crippen LogP) is 10.00. The number of hydrogen-bond acceptors (Lipinski definition) is 3. The normalized spacial score (nSPS) is 16.7. The van der Waals surface area contributed by atoms with Crippen LogP contribution in [0, 0.1) is 0 Å². The lowest BCUT2D eigenvalue weighted by Gasteiger charge is -2.21. The van der Waals surface area contributed by atoms with Gasteiger partial charge < -0.3 is 0 Å². The molecule has 6 aromatic carbocycles. The molecule has 0 bridgehead atoms. The summed E-state index contributed by atoms with van der Waals surface area (Å²) in [6.45, 7) is 4.31. The van der Waals surface area contributed by atoms with Crippen molar-refractivity contribution < 1.29 is 15.1 Å². The third-order valence-electron chi connectivity index (χ3n) is 7.86.